The summed E-state index contributed by atoms with van der Waals surface area (Å²) in [5.41, 5.74) is 7.68. The fourth-order valence-electron chi connectivity index (χ4n) is 2.47. The van der Waals surface area contributed by atoms with E-state index in [2.05, 4.69) is 31.7 Å². The van der Waals surface area contributed by atoms with Gasteiger partial charge < -0.3 is 5.43 Å². The molecule has 0 atom stereocenters. The minimum absolute atomic E-state index is 0.210. The number of benzene rings is 1. The summed E-state index contributed by atoms with van der Waals surface area (Å²) in [5, 5.41) is 1.98. The molecule has 0 amide bonds. The monoisotopic (exact) mass is 263 g/mol. The minimum atomic E-state index is -0.210. The SMILES string of the molecule is CCCC(C)(C)CN1C=C(c2ccccc2F)NN1. The molecule has 1 aliphatic heterocycles. The van der Waals surface area contributed by atoms with Gasteiger partial charge in [-0.05, 0) is 24.0 Å². The highest BCUT2D eigenvalue weighted by atomic mass is 19.1. The maximum Gasteiger partial charge on any atom is 0.132 e. The van der Waals surface area contributed by atoms with Gasteiger partial charge in [0.2, 0.25) is 0 Å². The van der Waals surface area contributed by atoms with Crippen LogP contribution in [0.1, 0.15) is 39.2 Å². The second-order valence-corrected chi connectivity index (χ2v) is 5.80. The van der Waals surface area contributed by atoms with Crippen molar-refractivity contribution in [2.45, 2.75) is 33.6 Å². The summed E-state index contributed by atoms with van der Waals surface area (Å²) in [6.07, 6.45) is 4.25. The number of halogens is 1. The molecule has 0 saturated carbocycles. The van der Waals surface area contributed by atoms with E-state index >= 15 is 0 Å². The van der Waals surface area contributed by atoms with Crippen LogP contribution in [0.2, 0.25) is 0 Å². The van der Waals surface area contributed by atoms with E-state index in [1.165, 1.54) is 6.07 Å². The molecular formula is C15H22FN3. The lowest BCUT2D eigenvalue weighted by molar-refractivity contribution is 0.168. The summed E-state index contributed by atoms with van der Waals surface area (Å²) in [6.45, 7) is 7.56. The summed E-state index contributed by atoms with van der Waals surface area (Å²) in [6, 6.07) is 6.78. The molecule has 1 heterocycles. The van der Waals surface area contributed by atoms with Crippen LogP contribution in [-0.4, -0.2) is 11.6 Å². The lowest BCUT2D eigenvalue weighted by Gasteiger charge is -2.29. The summed E-state index contributed by atoms with van der Waals surface area (Å²) in [7, 11) is 0. The van der Waals surface area contributed by atoms with E-state index in [-0.39, 0.29) is 11.2 Å². The molecule has 4 heteroatoms. The van der Waals surface area contributed by atoms with Crippen molar-refractivity contribution >= 4 is 5.70 Å². The Balaban J connectivity index is 2.07. The lowest BCUT2D eigenvalue weighted by atomic mass is 9.88. The molecule has 2 N–H and O–H groups in total. The first-order chi connectivity index (χ1) is 9.02. The van der Waals surface area contributed by atoms with Gasteiger partial charge in [-0.15, -0.1) is 5.53 Å². The predicted molar refractivity (Wildman–Crippen MR) is 76.0 cm³/mol. The van der Waals surface area contributed by atoms with Crippen LogP contribution in [0.3, 0.4) is 0 Å². The van der Waals surface area contributed by atoms with Gasteiger partial charge in [-0.25, -0.2) is 4.39 Å². The van der Waals surface area contributed by atoms with Crippen molar-refractivity contribution in [2.75, 3.05) is 6.54 Å². The third-order valence-electron chi connectivity index (χ3n) is 3.31. The molecule has 0 aromatic heterocycles. The molecule has 19 heavy (non-hydrogen) atoms. The van der Waals surface area contributed by atoms with Crippen LogP contribution in [0.5, 0.6) is 0 Å². The van der Waals surface area contributed by atoms with Gasteiger partial charge in [0.15, 0.2) is 0 Å². The Morgan fingerprint density at radius 2 is 2.00 bits per heavy atom. The van der Waals surface area contributed by atoms with Crippen LogP contribution in [-0.2, 0) is 0 Å². The first kappa shape index (κ1) is 13.9. The van der Waals surface area contributed by atoms with Crippen molar-refractivity contribution in [2.24, 2.45) is 5.41 Å². The van der Waals surface area contributed by atoms with Gasteiger partial charge in [0.1, 0.15) is 5.82 Å². The minimum Gasteiger partial charge on any atom is -0.302 e. The van der Waals surface area contributed by atoms with E-state index in [4.69, 9.17) is 0 Å². The Hall–Kier alpha value is -1.55. The third-order valence-corrected chi connectivity index (χ3v) is 3.31. The van der Waals surface area contributed by atoms with E-state index in [0.717, 1.165) is 25.1 Å². The van der Waals surface area contributed by atoms with Crippen molar-refractivity contribution in [1.29, 1.82) is 0 Å². The molecular weight excluding hydrogens is 241 g/mol. The van der Waals surface area contributed by atoms with Crippen molar-refractivity contribution in [3.05, 3.63) is 41.8 Å². The molecule has 104 valence electrons. The molecule has 0 aliphatic carbocycles. The quantitative estimate of drug-likeness (QED) is 0.853. The number of hydrogen-bond donors (Lipinski definition) is 2. The van der Waals surface area contributed by atoms with Crippen molar-refractivity contribution in [1.82, 2.24) is 16.0 Å². The van der Waals surface area contributed by atoms with Crippen LogP contribution in [0.4, 0.5) is 4.39 Å². The van der Waals surface area contributed by atoms with E-state index in [0.29, 0.717) is 5.56 Å². The molecule has 1 aromatic rings. The average molecular weight is 263 g/mol. The van der Waals surface area contributed by atoms with Crippen molar-refractivity contribution in [3.63, 3.8) is 0 Å². The highest BCUT2D eigenvalue weighted by molar-refractivity contribution is 5.64. The smallest absolute Gasteiger partial charge is 0.132 e. The topological polar surface area (TPSA) is 27.3 Å². The van der Waals surface area contributed by atoms with Gasteiger partial charge in [0.25, 0.3) is 0 Å². The lowest BCUT2D eigenvalue weighted by Crippen LogP contribution is -2.41. The zero-order valence-electron chi connectivity index (χ0n) is 11.8. The Bertz CT molecular complexity index is 468. The van der Waals surface area contributed by atoms with Crippen molar-refractivity contribution in [3.8, 4) is 0 Å². The second-order valence-electron chi connectivity index (χ2n) is 5.80. The third kappa shape index (κ3) is 3.47. The fourth-order valence-corrected chi connectivity index (χ4v) is 2.47. The highest BCUT2D eigenvalue weighted by Gasteiger charge is 2.23. The number of nitrogens with zero attached hydrogens (tertiary/aromatic N) is 1. The Kier molecular flexibility index (Phi) is 4.10. The average Bonchev–Trinajstić information content (AvgIpc) is 2.77. The zero-order chi connectivity index (χ0) is 13.9. The maximum absolute atomic E-state index is 13.7. The van der Waals surface area contributed by atoms with Gasteiger partial charge in [0, 0.05) is 18.3 Å². The Morgan fingerprint density at radius 3 is 2.68 bits per heavy atom. The summed E-state index contributed by atoms with van der Waals surface area (Å²) < 4.78 is 13.7. The molecule has 0 spiro atoms. The van der Waals surface area contributed by atoms with Crippen LogP contribution in [0.15, 0.2) is 30.5 Å². The van der Waals surface area contributed by atoms with Crippen LogP contribution < -0.4 is 11.0 Å². The van der Waals surface area contributed by atoms with E-state index in [9.17, 15) is 4.39 Å². The van der Waals surface area contributed by atoms with E-state index in [1.54, 1.807) is 12.1 Å². The number of hydrazine groups is 2. The summed E-state index contributed by atoms with van der Waals surface area (Å²) >= 11 is 0. The van der Waals surface area contributed by atoms with Crippen LogP contribution in [0.25, 0.3) is 5.70 Å². The molecule has 2 rings (SSSR count). The van der Waals surface area contributed by atoms with Gasteiger partial charge in [-0.3, -0.25) is 5.01 Å². The molecule has 0 unspecified atom stereocenters. The molecule has 0 radical (unpaired) electrons. The number of rotatable bonds is 5. The molecule has 0 fully saturated rings. The first-order valence-electron chi connectivity index (χ1n) is 6.77. The first-order valence-corrected chi connectivity index (χ1v) is 6.77. The molecule has 3 nitrogen and oxygen atoms in total. The van der Waals surface area contributed by atoms with Gasteiger partial charge in [-0.1, -0.05) is 39.3 Å². The maximum atomic E-state index is 13.7. The molecule has 1 aliphatic rings. The summed E-state index contributed by atoms with van der Waals surface area (Å²) in [5.74, 6) is -0.210. The fraction of sp³-hybridized carbons (Fsp3) is 0.467. The van der Waals surface area contributed by atoms with E-state index in [1.807, 2.05) is 17.3 Å². The Morgan fingerprint density at radius 1 is 1.26 bits per heavy atom. The van der Waals surface area contributed by atoms with E-state index < -0.39 is 0 Å². The molecule has 1 aromatic carbocycles. The van der Waals surface area contributed by atoms with Crippen LogP contribution >= 0.6 is 0 Å². The van der Waals surface area contributed by atoms with Crippen molar-refractivity contribution < 1.29 is 4.39 Å². The van der Waals surface area contributed by atoms with Gasteiger partial charge in [-0.2, -0.15) is 0 Å². The highest BCUT2D eigenvalue weighted by Crippen LogP contribution is 2.25. The predicted octanol–water partition coefficient (Wildman–Crippen LogP) is 3.28. The second kappa shape index (κ2) is 5.61. The summed E-state index contributed by atoms with van der Waals surface area (Å²) in [4.78, 5) is 0. The molecule has 0 bridgehead atoms. The zero-order valence-corrected chi connectivity index (χ0v) is 11.8. The standard InChI is InChI=1S/C15H22FN3/c1-4-9-15(2,3)11-19-10-14(17-18-19)12-7-5-6-8-13(12)16/h5-8,10,17-18H,4,9,11H2,1-3H3. The van der Waals surface area contributed by atoms with Crippen LogP contribution in [0, 0.1) is 11.2 Å². The van der Waals surface area contributed by atoms with Gasteiger partial charge >= 0.3 is 0 Å². The number of hydrogen-bond acceptors (Lipinski definition) is 3. The normalized spacial score (nSPS) is 15.4. The van der Waals surface area contributed by atoms with Gasteiger partial charge in [0.05, 0.1) is 5.70 Å². The largest absolute Gasteiger partial charge is 0.302 e. The number of nitrogens with one attached hydrogen (secondary N) is 2. The Labute approximate surface area is 114 Å². The molecule has 0 saturated heterocycles.